The van der Waals surface area contributed by atoms with E-state index in [1.807, 2.05) is 25.1 Å². The predicted molar refractivity (Wildman–Crippen MR) is 56.3 cm³/mol. The minimum Gasteiger partial charge on any atom is -0.324 e. The molecule has 2 N–H and O–H groups in total. The lowest BCUT2D eigenvalue weighted by molar-refractivity contribution is 0.101. The Hall–Kier alpha value is -0.860. The van der Waals surface area contributed by atoms with Crippen LogP contribution in [0.1, 0.15) is 35.8 Å². The molecule has 0 heterocycles. The summed E-state index contributed by atoms with van der Waals surface area (Å²) in [6, 6.07) is 7.41. The fraction of sp³-hybridized carbons (Fsp3) is 0.300. The summed E-state index contributed by atoms with van der Waals surface area (Å²) in [5.41, 5.74) is 7.40. The van der Waals surface area contributed by atoms with Gasteiger partial charge in [0.15, 0.2) is 5.78 Å². The summed E-state index contributed by atoms with van der Waals surface area (Å²) in [4.78, 5) is 11.0. The molecular formula is C10H14ClNO. The minimum atomic E-state index is -0.00991. The summed E-state index contributed by atoms with van der Waals surface area (Å²) in [7, 11) is 0. The predicted octanol–water partition coefficient (Wildman–Crippen LogP) is 2.33. The van der Waals surface area contributed by atoms with Gasteiger partial charge in [0.2, 0.25) is 0 Å². The molecule has 0 bridgehead atoms. The van der Waals surface area contributed by atoms with Crippen LogP contribution >= 0.6 is 12.4 Å². The third-order valence-corrected chi connectivity index (χ3v) is 1.82. The van der Waals surface area contributed by atoms with Gasteiger partial charge in [-0.1, -0.05) is 18.2 Å². The van der Waals surface area contributed by atoms with Crippen LogP contribution in [0.25, 0.3) is 0 Å². The van der Waals surface area contributed by atoms with Gasteiger partial charge in [0.25, 0.3) is 0 Å². The van der Waals surface area contributed by atoms with Crippen LogP contribution in [0.5, 0.6) is 0 Å². The third kappa shape index (κ3) is 3.17. The average molecular weight is 200 g/mol. The molecule has 13 heavy (non-hydrogen) atoms. The van der Waals surface area contributed by atoms with E-state index < -0.39 is 0 Å². The number of benzene rings is 1. The molecule has 0 saturated carbocycles. The number of hydrogen-bond acceptors (Lipinski definition) is 2. The first-order valence-electron chi connectivity index (χ1n) is 3.97. The van der Waals surface area contributed by atoms with Gasteiger partial charge < -0.3 is 5.73 Å². The summed E-state index contributed by atoms with van der Waals surface area (Å²) in [6.07, 6.45) is 0. The lowest BCUT2D eigenvalue weighted by atomic mass is 10.0. The van der Waals surface area contributed by atoms with Crippen LogP contribution in [0.2, 0.25) is 0 Å². The van der Waals surface area contributed by atoms with Crippen molar-refractivity contribution in [3.05, 3.63) is 35.4 Å². The molecule has 0 fully saturated rings. The SMILES string of the molecule is CC(=O)c1cccc([C@@H](C)N)c1.Cl. The zero-order chi connectivity index (χ0) is 9.14. The van der Waals surface area contributed by atoms with Crippen molar-refractivity contribution in [3.63, 3.8) is 0 Å². The van der Waals surface area contributed by atoms with Gasteiger partial charge in [-0.2, -0.15) is 0 Å². The number of ketones is 1. The van der Waals surface area contributed by atoms with Gasteiger partial charge >= 0.3 is 0 Å². The molecule has 0 aliphatic rings. The number of Topliss-reactive ketones (excluding diaryl/α,β-unsaturated/α-hetero) is 1. The summed E-state index contributed by atoms with van der Waals surface area (Å²) in [5, 5.41) is 0. The highest BCUT2D eigenvalue weighted by Gasteiger charge is 2.02. The molecule has 0 aromatic heterocycles. The van der Waals surface area contributed by atoms with Crippen molar-refractivity contribution in [2.45, 2.75) is 19.9 Å². The van der Waals surface area contributed by atoms with Gasteiger partial charge in [-0.15, -0.1) is 12.4 Å². The second-order valence-electron chi connectivity index (χ2n) is 2.97. The molecule has 0 unspecified atom stereocenters. The van der Waals surface area contributed by atoms with E-state index in [1.165, 1.54) is 0 Å². The Morgan fingerprint density at radius 2 is 2.08 bits per heavy atom. The summed E-state index contributed by atoms with van der Waals surface area (Å²) in [5.74, 6) is 0.0810. The van der Waals surface area contributed by atoms with Crippen LogP contribution in [0.15, 0.2) is 24.3 Å². The number of hydrogen-bond donors (Lipinski definition) is 1. The van der Waals surface area contributed by atoms with Crippen molar-refractivity contribution >= 4 is 18.2 Å². The van der Waals surface area contributed by atoms with E-state index >= 15 is 0 Å². The van der Waals surface area contributed by atoms with E-state index in [-0.39, 0.29) is 24.2 Å². The second-order valence-corrected chi connectivity index (χ2v) is 2.97. The van der Waals surface area contributed by atoms with E-state index in [0.717, 1.165) is 11.1 Å². The van der Waals surface area contributed by atoms with E-state index in [1.54, 1.807) is 13.0 Å². The first kappa shape index (κ1) is 12.1. The molecule has 1 rings (SSSR count). The first-order chi connectivity index (χ1) is 5.61. The quantitative estimate of drug-likeness (QED) is 0.743. The van der Waals surface area contributed by atoms with E-state index in [0.29, 0.717) is 0 Å². The highest BCUT2D eigenvalue weighted by molar-refractivity contribution is 5.94. The van der Waals surface area contributed by atoms with Gasteiger partial charge in [0, 0.05) is 11.6 Å². The summed E-state index contributed by atoms with van der Waals surface area (Å²) in [6.45, 7) is 3.46. The lowest BCUT2D eigenvalue weighted by Gasteiger charge is -2.05. The van der Waals surface area contributed by atoms with Gasteiger partial charge in [-0.25, -0.2) is 0 Å². The van der Waals surface area contributed by atoms with Crippen molar-refractivity contribution in [1.82, 2.24) is 0 Å². The summed E-state index contributed by atoms with van der Waals surface area (Å²) < 4.78 is 0. The zero-order valence-electron chi connectivity index (χ0n) is 7.78. The minimum absolute atomic E-state index is 0. The Labute approximate surface area is 84.5 Å². The fourth-order valence-electron chi connectivity index (χ4n) is 1.04. The first-order valence-corrected chi connectivity index (χ1v) is 3.97. The normalized spacial score (nSPS) is 11.6. The Bertz CT molecular complexity index is 297. The van der Waals surface area contributed by atoms with Gasteiger partial charge in [0.1, 0.15) is 0 Å². The van der Waals surface area contributed by atoms with Crippen LogP contribution < -0.4 is 5.73 Å². The zero-order valence-corrected chi connectivity index (χ0v) is 8.60. The monoisotopic (exact) mass is 199 g/mol. The Morgan fingerprint density at radius 1 is 1.46 bits per heavy atom. The van der Waals surface area contributed by atoms with Crippen LogP contribution in [-0.4, -0.2) is 5.78 Å². The van der Waals surface area contributed by atoms with Crippen LogP contribution in [0.4, 0.5) is 0 Å². The number of carbonyl (C=O) groups excluding carboxylic acids is 1. The maximum absolute atomic E-state index is 11.0. The van der Waals surface area contributed by atoms with Crippen LogP contribution in [0.3, 0.4) is 0 Å². The maximum atomic E-state index is 11.0. The Kier molecular flexibility index (Phi) is 4.67. The number of rotatable bonds is 2. The van der Waals surface area contributed by atoms with Crippen molar-refractivity contribution in [1.29, 1.82) is 0 Å². The van der Waals surface area contributed by atoms with Crippen molar-refractivity contribution in [2.75, 3.05) is 0 Å². The molecule has 1 atom stereocenters. The molecule has 1 aromatic rings. The van der Waals surface area contributed by atoms with E-state index in [4.69, 9.17) is 5.73 Å². The molecule has 0 radical (unpaired) electrons. The van der Waals surface area contributed by atoms with E-state index in [2.05, 4.69) is 0 Å². The molecule has 0 aliphatic heterocycles. The average Bonchev–Trinajstić information content (AvgIpc) is 2.04. The largest absolute Gasteiger partial charge is 0.324 e. The van der Waals surface area contributed by atoms with Crippen molar-refractivity contribution in [2.24, 2.45) is 5.73 Å². The molecular weight excluding hydrogens is 186 g/mol. The highest BCUT2D eigenvalue weighted by atomic mass is 35.5. The molecule has 2 nitrogen and oxygen atoms in total. The molecule has 72 valence electrons. The smallest absolute Gasteiger partial charge is 0.159 e. The number of carbonyl (C=O) groups is 1. The Morgan fingerprint density at radius 3 is 2.54 bits per heavy atom. The molecule has 1 aromatic carbocycles. The maximum Gasteiger partial charge on any atom is 0.159 e. The molecule has 0 amide bonds. The molecule has 0 aliphatic carbocycles. The van der Waals surface area contributed by atoms with Gasteiger partial charge in [-0.3, -0.25) is 4.79 Å². The van der Waals surface area contributed by atoms with Crippen molar-refractivity contribution < 1.29 is 4.79 Å². The van der Waals surface area contributed by atoms with Gasteiger partial charge in [0.05, 0.1) is 0 Å². The number of halogens is 1. The topological polar surface area (TPSA) is 43.1 Å². The third-order valence-electron chi connectivity index (χ3n) is 1.82. The fourth-order valence-corrected chi connectivity index (χ4v) is 1.04. The van der Waals surface area contributed by atoms with Crippen LogP contribution in [0, 0.1) is 0 Å². The molecule has 0 spiro atoms. The van der Waals surface area contributed by atoms with Gasteiger partial charge in [-0.05, 0) is 25.5 Å². The lowest BCUT2D eigenvalue weighted by Crippen LogP contribution is -2.05. The Balaban J connectivity index is 0.00000144. The van der Waals surface area contributed by atoms with Crippen molar-refractivity contribution in [3.8, 4) is 0 Å². The number of nitrogens with two attached hydrogens (primary N) is 1. The molecule has 0 saturated heterocycles. The van der Waals surface area contributed by atoms with Crippen LogP contribution in [-0.2, 0) is 0 Å². The van der Waals surface area contributed by atoms with E-state index in [9.17, 15) is 4.79 Å². The standard InChI is InChI=1S/C10H13NO.ClH/c1-7(11)9-4-3-5-10(6-9)8(2)12;/h3-7H,11H2,1-2H3;1H/t7-;/m1./s1. The summed E-state index contributed by atoms with van der Waals surface area (Å²) >= 11 is 0. The molecule has 3 heteroatoms. The highest BCUT2D eigenvalue weighted by Crippen LogP contribution is 2.11. The second kappa shape index (κ2) is 5.00.